The molecule has 1 amide bonds. The number of nitrogens with one attached hydrogen (secondary N) is 1. The minimum absolute atomic E-state index is 0.0855. The summed E-state index contributed by atoms with van der Waals surface area (Å²) in [6, 6.07) is 9.74. The van der Waals surface area contributed by atoms with Gasteiger partial charge < -0.3 is 9.73 Å². The van der Waals surface area contributed by atoms with E-state index in [0.29, 0.717) is 25.2 Å². The first kappa shape index (κ1) is 20.6. The molecule has 1 aliphatic heterocycles. The summed E-state index contributed by atoms with van der Waals surface area (Å²) < 4.78 is 32.4. The van der Waals surface area contributed by atoms with Gasteiger partial charge in [-0.2, -0.15) is 4.31 Å². The molecular weight excluding hydrogens is 378 g/mol. The predicted molar refractivity (Wildman–Crippen MR) is 107 cm³/mol. The summed E-state index contributed by atoms with van der Waals surface area (Å²) in [6.07, 6.45) is 4.46. The summed E-state index contributed by atoms with van der Waals surface area (Å²) in [7, 11) is 0.344. The van der Waals surface area contributed by atoms with E-state index in [2.05, 4.69) is 5.32 Å². The maximum absolute atomic E-state index is 12.7. The summed E-state index contributed by atoms with van der Waals surface area (Å²) in [5.41, 5.74) is 0.426. The van der Waals surface area contributed by atoms with E-state index < -0.39 is 10.0 Å². The predicted octanol–water partition coefficient (Wildman–Crippen LogP) is 2.49. The lowest BCUT2D eigenvalue weighted by Crippen LogP contribution is -2.35. The van der Waals surface area contributed by atoms with E-state index >= 15 is 0 Å². The Morgan fingerprint density at radius 1 is 1.14 bits per heavy atom. The van der Waals surface area contributed by atoms with Gasteiger partial charge in [-0.25, -0.2) is 8.42 Å². The summed E-state index contributed by atoms with van der Waals surface area (Å²) in [5.74, 6) is 0.522. The van der Waals surface area contributed by atoms with Crippen molar-refractivity contribution in [2.45, 2.75) is 30.2 Å². The van der Waals surface area contributed by atoms with Crippen molar-refractivity contribution in [2.24, 2.45) is 0 Å². The molecule has 1 N–H and O–H groups in total. The molecule has 7 nitrogen and oxygen atoms in total. The Morgan fingerprint density at radius 3 is 2.39 bits per heavy atom. The first-order chi connectivity index (χ1) is 13.4. The zero-order valence-corrected chi connectivity index (χ0v) is 17.1. The molecule has 0 radical (unpaired) electrons. The van der Waals surface area contributed by atoms with E-state index in [-0.39, 0.29) is 16.8 Å². The third-order valence-electron chi connectivity index (χ3n) is 5.02. The minimum atomic E-state index is -3.49. The van der Waals surface area contributed by atoms with Gasteiger partial charge in [-0.1, -0.05) is 6.42 Å². The number of likely N-dealkylation sites (N-methyl/N-ethyl adjacent to an activating group) is 1. The van der Waals surface area contributed by atoms with Crippen LogP contribution in [0.1, 0.15) is 41.4 Å². The lowest BCUT2D eigenvalue weighted by atomic mass is 10.2. The van der Waals surface area contributed by atoms with Crippen LogP contribution < -0.4 is 5.32 Å². The van der Waals surface area contributed by atoms with Crippen LogP contribution in [0.3, 0.4) is 0 Å². The van der Waals surface area contributed by atoms with Crippen molar-refractivity contribution in [3.05, 3.63) is 54.0 Å². The van der Waals surface area contributed by atoms with Crippen molar-refractivity contribution in [2.75, 3.05) is 33.7 Å². The highest BCUT2D eigenvalue weighted by molar-refractivity contribution is 7.89. The average Bonchev–Trinajstić information content (AvgIpc) is 3.23. The number of amides is 1. The number of furan rings is 1. The van der Waals surface area contributed by atoms with Crippen molar-refractivity contribution in [1.82, 2.24) is 14.5 Å². The van der Waals surface area contributed by atoms with Crippen molar-refractivity contribution in [1.29, 1.82) is 0 Å². The first-order valence-electron chi connectivity index (χ1n) is 9.48. The van der Waals surface area contributed by atoms with E-state index in [4.69, 9.17) is 4.42 Å². The molecule has 1 aromatic heterocycles. The number of rotatable bonds is 7. The number of carbonyl (C=O) groups excluding carboxylic acids is 1. The van der Waals surface area contributed by atoms with Gasteiger partial charge in [0.05, 0.1) is 17.2 Å². The van der Waals surface area contributed by atoms with Crippen molar-refractivity contribution < 1.29 is 17.6 Å². The summed E-state index contributed by atoms with van der Waals surface area (Å²) >= 11 is 0. The molecule has 1 atom stereocenters. The van der Waals surface area contributed by atoms with Crippen LogP contribution in [0.4, 0.5) is 0 Å². The topological polar surface area (TPSA) is 82.9 Å². The minimum Gasteiger partial charge on any atom is -0.468 e. The summed E-state index contributed by atoms with van der Waals surface area (Å²) in [4.78, 5) is 14.7. The zero-order chi connectivity index (χ0) is 20.1. The monoisotopic (exact) mass is 405 g/mol. The Hall–Kier alpha value is -2.16. The van der Waals surface area contributed by atoms with E-state index in [1.807, 2.05) is 31.1 Å². The molecule has 1 aliphatic rings. The molecule has 0 saturated carbocycles. The second-order valence-electron chi connectivity index (χ2n) is 7.19. The zero-order valence-electron chi connectivity index (χ0n) is 16.3. The molecule has 152 valence electrons. The molecule has 0 unspecified atom stereocenters. The molecule has 2 aromatic rings. The van der Waals surface area contributed by atoms with Gasteiger partial charge in [0, 0.05) is 25.2 Å². The molecule has 0 aliphatic carbocycles. The molecule has 1 fully saturated rings. The van der Waals surface area contributed by atoms with Crippen LogP contribution in [-0.2, 0) is 10.0 Å². The Bertz CT molecular complexity index is 871. The molecule has 0 spiro atoms. The highest BCUT2D eigenvalue weighted by Gasteiger charge is 2.26. The number of carbonyl (C=O) groups is 1. The van der Waals surface area contributed by atoms with Crippen LogP contribution in [0, 0.1) is 0 Å². The number of hydrogen-bond acceptors (Lipinski definition) is 5. The fraction of sp³-hybridized carbons (Fsp3) is 0.450. The van der Waals surface area contributed by atoms with Gasteiger partial charge >= 0.3 is 0 Å². The number of hydrogen-bond donors (Lipinski definition) is 1. The largest absolute Gasteiger partial charge is 0.468 e. The van der Waals surface area contributed by atoms with Crippen molar-refractivity contribution in [3.63, 3.8) is 0 Å². The molecule has 8 heteroatoms. The number of nitrogens with zero attached hydrogens (tertiary/aromatic N) is 2. The molecule has 1 saturated heterocycles. The smallest absolute Gasteiger partial charge is 0.251 e. The number of piperidine rings is 1. The van der Waals surface area contributed by atoms with Gasteiger partial charge in [0.25, 0.3) is 5.91 Å². The first-order valence-corrected chi connectivity index (χ1v) is 10.9. The van der Waals surface area contributed by atoms with Gasteiger partial charge in [0.15, 0.2) is 0 Å². The van der Waals surface area contributed by atoms with E-state index in [1.54, 1.807) is 18.4 Å². The van der Waals surface area contributed by atoms with Gasteiger partial charge in [-0.05, 0) is 63.3 Å². The summed E-state index contributed by atoms with van der Waals surface area (Å²) in [6.45, 7) is 1.50. The van der Waals surface area contributed by atoms with Crippen LogP contribution in [0.15, 0.2) is 52.0 Å². The molecule has 2 heterocycles. The Balaban J connectivity index is 1.65. The second-order valence-corrected chi connectivity index (χ2v) is 9.13. The lowest BCUT2D eigenvalue weighted by molar-refractivity contribution is 0.0939. The second kappa shape index (κ2) is 8.89. The van der Waals surface area contributed by atoms with E-state index in [1.165, 1.54) is 16.4 Å². The van der Waals surface area contributed by atoms with E-state index in [0.717, 1.165) is 25.0 Å². The fourth-order valence-electron chi connectivity index (χ4n) is 3.34. The average molecular weight is 406 g/mol. The highest BCUT2D eigenvalue weighted by atomic mass is 32.2. The maximum atomic E-state index is 12.7. The third-order valence-corrected chi connectivity index (χ3v) is 6.93. The van der Waals surface area contributed by atoms with Crippen LogP contribution in [0.5, 0.6) is 0 Å². The lowest BCUT2D eigenvalue weighted by Gasteiger charge is -2.26. The number of sulfonamides is 1. The Kier molecular flexibility index (Phi) is 6.53. The summed E-state index contributed by atoms with van der Waals surface area (Å²) in [5, 5.41) is 2.89. The SMILES string of the molecule is CN(C)[C@H](CNC(=O)c1ccc(S(=O)(=O)N2CCCCC2)cc1)c1ccco1. The molecular formula is C20H27N3O4S. The van der Waals surface area contributed by atoms with Crippen LogP contribution in [-0.4, -0.2) is 57.3 Å². The van der Waals surface area contributed by atoms with Crippen molar-refractivity contribution >= 4 is 15.9 Å². The molecule has 3 rings (SSSR count). The normalized spacial score (nSPS) is 16.8. The Morgan fingerprint density at radius 2 is 1.82 bits per heavy atom. The van der Waals surface area contributed by atoms with Crippen molar-refractivity contribution in [3.8, 4) is 0 Å². The van der Waals surface area contributed by atoms with E-state index in [9.17, 15) is 13.2 Å². The van der Waals surface area contributed by atoms with Crippen LogP contribution in [0.25, 0.3) is 0 Å². The van der Waals surface area contributed by atoms with Gasteiger partial charge in [0.1, 0.15) is 5.76 Å². The number of benzene rings is 1. The third kappa shape index (κ3) is 4.63. The molecule has 1 aromatic carbocycles. The molecule has 28 heavy (non-hydrogen) atoms. The van der Waals surface area contributed by atoms with Gasteiger partial charge in [-0.15, -0.1) is 0 Å². The molecule has 0 bridgehead atoms. The highest BCUT2D eigenvalue weighted by Crippen LogP contribution is 2.21. The standard InChI is InChI=1S/C20H27N3O4S/c1-22(2)18(19-7-6-14-27-19)15-21-20(24)16-8-10-17(11-9-16)28(25,26)23-12-4-3-5-13-23/h6-11,14,18H,3-5,12-13,15H2,1-2H3,(H,21,24)/t18-/m1/s1. The fourth-order valence-corrected chi connectivity index (χ4v) is 4.86. The van der Waals surface area contributed by atoms with Gasteiger partial charge in [-0.3, -0.25) is 9.69 Å². The Labute approximate surface area is 166 Å². The van der Waals surface area contributed by atoms with Gasteiger partial charge in [0.2, 0.25) is 10.0 Å². The van der Waals surface area contributed by atoms with Crippen LogP contribution in [0.2, 0.25) is 0 Å². The maximum Gasteiger partial charge on any atom is 0.251 e. The van der Waals surface area contributed by atoms with Crippen LogP contribution >= 0.6 is 0 Å². The quantitative estimate of drug-likeness (QED) is 0.765.